The molecule has 0 aromatic carbocycles. The third-order valence-electron chi connectivity index (χ3n) is 5.07. The Bertz CT molecular complexity index is 937. The summed E-state index contributed by atoms with van der Waals surface area (Å²) in [5, 5.41) is 4.22. The SMILES string of the molecule is CCOC(=O)c1nn2ccc(C(=O)N(CCC(C)C)CCC(C)C)cc2c1C(=O)OCC. The molecule has 0 radical (unpaired) electrons. The van der Waals surface area contributed by atoms with Gasteiger partial charge in [-0.2, -0.15) is 5.10 Å². The smallest absolute Gasteiger partial charge is 0.359 e. The van der Waals surface area contributed by atoms with E-state index < -0.39 is 11.9 Å². The first-order chi connectivity index (χ1) is 15.2. The maximum Gasteiger partial charge on any atom is 0.359 e. The van der Waals surface area contributed by atoms with Gasteiger partial charge in [-0.25, -0.2) is 14.1 Å². The highest BCUT2D eigenvalue weighted by Crippen LogP contribution is 2.21. The van der Waals surface area contributed by atoms with E-state index in [1.165, 1.54) is 4.52 Å². The monoisotopic (exact) mass is 445 g/mol. The van der Waals surface area contributed by atoms with E-state index in [0.29, 0.717) is 36.0 Å². The van der Waals surface area contributed by atoms with Crippen molar-refractivity contribution < 1.29 is 23.9 Å². The zero-order chi connectivity index (χ0) is 23.8. The van der Waals surface area contributed by atoms with E-state index in [2.05, 4.69) is 32.8 Å². The van der Waals surface area contributed by atoms with Crippen LogP contribution in [0.5, 0.6) is 0 Å². The number of hydrogen-bond acceptors (Lipinski definition) is 6. The Morgan fingerprint density at radius 2 is 1.53 bits per heavy atom. The van der Waals surface area contributed by atoms with Crippen molar-refractivity contribution >= 4 is 23.4 Å². The molecule has 8 nitrogen and oxygen atoms in total. The fraction of sp³-hybridized carbons (Fsp3) is 0.583. The number of carbonyl (C=O) groups is 3. The highest BCUT2D eigenvalue weighted by molar-refractivity contribution is 6.08. The third kappa shape index (κ3) is 6.31. The number of carbonyl (C=O) groups excluding carboxylic acids is 3. The lowest BCUT2D eigenvalue weighted by molar-refractivity contribution is 0.0476. The van der Waals surface area contributed by atoms with Crippen LogP contribution in [0.4, 0.5) is 0 Å². The van der Waals surface area contributed by atoms with Gasteiger partial charge in [0.25, 0.3) is 5.91 Å². The van der Waals surface area contributed by atoms with Crippen LogP contribution in [0.3, 0.4) is 0 Å². The van der Waals surface area contributed by atoms with Crippen molar-refractivity contribution in [1.29, 1.82) is 0 Å². The number of esters is 2. The van der Waals surface area contributed by atoms with E-state index in [0.717, 1.165) is 12.8 Å². The molecule has 176 valence electrons. The molecule has 0 aliphatic heterocycles. The average molecular weight is 446 g/mol. The summed E-state index contributed by atoms with van der Waals surface area (Å²) in [6.07, 6.45) is 3.39. The van der Waals surface area contributed by atoms with Crippen molar-refractivity contribution in [2.24, 2.45) is 11.8 Å². The standard InChI is InChI=1S/C24H35N3O5/c1-7-31-23(29)20-19-15-18(11-14-27(19)25-21(20)24(30)32-8-2)22(28)26(12-9-16(3)4)13-10-17(5)6/h11,14-17H,7-10,12-13H2,1-6H3. The highest BCUT2D eigenvalue weighted by atomic mass is 16.5. The number of hydrogen-bond donors (Lipinski definition) is 0. The molecule has 0 unspecified atom stereocenters. The fourth-order valence-corrected chi connectivity index (χ4v) is 3.25. The lowest BCUT2D eigenvalue weighted by Gasteiger charge is -2.24. The number of nitrogens with zero attached hydrogens (tertiary/aromatic N) is 3. The molecule has 0 atom stereocenters. The fourth-order valence-electron chi connectivity index (χ4n) is 3.25. The second kappa shape index (κ2) is 11.6. The van der Waals surface area contributed by atoms with Gasteiger partial charge in [-0.15, -0.1) is 0 Å². The number of ether oxygens (including phenoxy) is 2. The van der Waals surface area contributed by atoms with E-state index in [9.17, 15) is 14.4 Å². The molecule has 0 fully saturated rings. The predicted molar refractivity (Wildman–Crippen MR) is 122 cm³/mol. The Morgan fingerprint density at radius 3 is 2.06 bits per heavy atom. The molecular weight excluding hydrogens is 410 g/mol. The minimum Gasteiger partial charge on any atom is -0.462 e. The Labute approximate surface area is 189 Å². The minimum absolute atomic E-state index is 0.0101. The Balaban J connectivity index is 2.48. The number of rotatable bonds is 11. The maximum absolute atomic E-state index is 13.4. The molecule has 8 heteroatoms. The second-order valence-corrected chi connectivity index (χ2v) is 8.57. The van der Waals surface area contributed by atoms with Crippen LogP contribution in [0.2, 0.25) is 0 Å². The van der Waals surface area contributed by atoms with Crippen molar-refractivity contribution in [2.75, 3.05) is 26.3 Å². The normalized spacial score (nSPS) is 11.2. The van der Waals surface area contributed by atoms with E-state index in [-0.39, 0.29) is 30.4 Å². The minimum atomic E-state index is -0.706. The van der Waals surface area contributed by atoms with Gasteiger partial charge in [-0.3, -0.25) is 4.79 Å². The van der Waals surface area contributed by atoms with Gasteiger partial charge in [-0.1, -0.05) is 27.7 Å². The van der Waals surface area contributed by atoms with Crippen LogP contribution in [0.1, 0.15) is 85.6 Å². The van der Waals surface area contributed by atoms with E-state index in [1.54, 1.807) is 32.2 Å². The highest BCUT2D eigenvalue weighted by Gasteiger charge is 2.28. The van der Waals surface area contributed by atoms with Gasteiger partial charge in [0.1, 0.15) is 5.56 Å². The molecule has 2 aromatic heterocycles. The first-order valence-corrected chi connectivity index (χ1v) is 11.3. The third-order valence-corrected chi connectivity index (χ3v) is 5.07. The van der Waals surface area contributed by atoms with Gasteiger partial charge < -0.3 is 14.4 Å². The van der Waals surface area contributed by atoms with Crippen LogP contribution in [0.25, 0.3) is 5.52 Å². The van der Waals surface area contributed by atoms with Crippen LogP contribution < -0.4 is 0 Å². The van der Waals surface area contributed by atoms with Gasteiger partial charge in [-0.05, 0) is 50.7 Å². The second-order valence-electron chi connectivity index (χ2n) is 8.57. The molecule has 0 saturated heterocycles. The summed E-state index contributed by atoms with van der Waals surface area (Å²) >= 11 is 0. The number of amides is 1. The van der Waals surface area contributed by atoms with Crippen LogP contribution >= 0.6 is 0 Å². The quantitative estimate of drug-likeness (QED) is 0.481. The largest absolute Gasteiger partial charge is 0.462 e. The van der Waals surface area contributed by atoms with Crippen LogP contribution in [0, 0.1) is 11.8 Å². The van der Waals surface area contributed by atoms with Gasteiger partial charge in [0.15, 0.2) is 5.69 Å². The molecule has 0 N–H and O–H groups in total. The summed E-state index contributed by atoms with van der Waals surface area (Å²) in [4.78, 5) is 40.2. The molecule has 2 rings (SSSR count). The zero-order valence-electron chi connectivity index (χ0n) is 20.0. The molecule has 0 spiro atoms. The molecule has 0 aliphatic carbocycles. The van der Waals surface area contributed by atoms with Crippen molar-refractivity contribution in [1.82, 2.24) is 14.5 Å². The van der Waals surface area contributed by atoms with Crippen LogP contribution in [-0.4, -0.2) is 58.7 Å². The lowest BCUT2D eigenvalue weighted by Crippen LogP contribution is -2.34. The molecule has 1 amide bonds. The number of pyridine rings is 1. The number of fused-ring (bicyclic) bond motifs is 1. The number of aromatic nitrogens is 2. The summed E-state index contributed by atoms with van der Waals surface area (Å²) in [5.74, 6) is -0.537. The summed E-state index contributed by atoms with van der Waals surface area (Å²) < 4.78 is 11.6. The predicted octanol–water partition coefficient (Wildman–Crippen LogP) is 4.22. The molecule has 0 aliphatic rings. The van der Waals surface area contributed by atoms with E-state index in [1.807, 2.05) is 4.90 Å². The summed E-state index contributed by atoms with van der Waals surface area (Å²) in [5.41, 5.74) is 0.665. The molecule has 2 heterocycles. The zero-order valence-corrected chi connectivity index (χ0v) is 20.0. The summed E-state index contributed by atoms with van der Waals surface area (Å²) in [7, 11) is 0. The first kappa shape index (κ1) is 25.4. The first-order valence-electron chi connectivity index (χ1n) is 11.3. The molecular formula is C24H35N3O5. The van der Waals surface area contributed by atoms with Crippen LogP contribution in [-0.2, 0) is 9.47 Å². The Kier molecular flexibility index (Phi) is 9.23. The van der Waals surface area contributed by atoms with Crippen molar-refractivity contribution in [2.45, 2.75) is 54.4 Å². The van der Waals surface area contributed by atoms with Gasteiger partial charge >= 0.3 is 11.9 Å². The summed E-state index contributed by atoms with van der Waals surface area (Å²) in [6, 6.07) is 3.26. The Hall–Kier alpha value is -2.90. The van der Waals surface area contributed by atoms with Crippen molar-refractivity contribution in [3.8, 4) is 0 Å². The Morgan fingerprint density at radius 1 is 0.969 bits per heavy atom. The summed E-state index contributed by atoms with van der Waals surface area (Å²) in [6.45, 7) is 13.5. The molecule has 0 saturated carbocycles. The van der Waals surface area contributed by atoms with Crippen molar-refractivity contribution in [3.05, 3.63) is 35.2 Å². The van der Waals surface area contributed by atoms with E-state index >= 15 is 0 Å². The molecule has 32 heavy (non-hydrogen) atoms. The topological polar surface area (TPSA) is 90.2 Å². The van der Waals surface area contributed by atoms with Crippen molar-refractivity contribution in [3.63, 3.8) is 0 Å². The lowest BCUT2D eigenvalue weighted by atomic mass is 10.1. The van der Waals surface area contributed by atoms with E-state index in [4.69, 9.17) is 9.47 Å². The maximum atomic E-state index is 13.4. The average Bonchev–Trinajstić information content (AvgIpc) is 3.12. The molecule has 2 aromatic rings. The van der Waals surface area contributed by atoms with Gasteiger partial charge in [0.05, 0.1) is 18.7 Å². The molecule has 0 bridgehead atoms. The van der Waals surface area contributed by atoms with Gasteiger partial charge in [0.2, 0.25) is 0 Å². The van der Waals surface area contributed by atoms with Gasteiger partial charge in [0, 0.05) is 24.8 Å². The van der Waals surface area contributed by atoms with Crippen LogP contribution in [0.15, 0.2) is 18.3 Å².